The molecule has 40 heavy (non-hydrogen) atoms. The van der Waals surface area contributed by atoms with Gasteiger partial charge in [-0.3, -0.25) is 14.6 Å². The number of benzene rings is 2. The Balaban J connectivity index is 1.59. The lowest BCUT2D eigenvalue weighted by Gasteiger charge is -2.27. The van der Waals surface area contributed by atoms with E-state index in [9.17, 15) is 14.7 Å². The number of ether oxygens (including phenoxy) is 3. The number of amides is 1. The Hall–Kier alpha value is -4.79. The number of aliphatic hydroxyl groups is 1. The average molecular weight is 543 g/mol. The van der Waals surface area contributed by atoms with Gasteiger partial charge in [-0.1, -0.05) is 37.6 Å². The van der Waals surface area contributed by atoms with Gasteiger partial charge in [0.2, 0.25) is 5.78 Å². The number of aliphatic hydroxyl groups excluding tert-OH is 1. The van der Waals surface area contributed by atoms with Crippen LogP contribution in [0.15, 0.2) is 82.7 Å². The van der Waals surface area contributed by atoms with E-state index in [-0.39, 0.29) is 17.9 Å². The van der Waals surface area contributed by atoms with Crippen molar-refractivity contribution in [1.82, 2.24) is 9.88 Å². The minimum atomic E-state index is -0.922. The van der Waals surface area contributed by atoms with Gasteiger partial charge in [-0.2, -0.15) is 0 Å². The summed E-state index contributed by atoms with van der Waals surface area (Å²) < 4.78 is 22.7. The molecule has 0 spiro atoms. The Labute approximate surface area is 231 Å². The summed E-state index contributed by atoms with van der Waals surface area (Å²) in [5, 5.41) is 11.8. The molecule has 0 aliphatic carbocycles. The first-order valence-electron chi connectivity index (χ1n) is 13.0. The molecule has 0 saturated heterocycles. The Morgan fingerprint density at radius 2 is 1.88 bits per heavy atom. The summed E-state index contributed by atoms with van der Waals surface area (Å²) >= 11 is 0. The standard InChI is InChI=1S/C31H30N2O7/c1-4-5-14-39-22-12-11-20(15-24(22)38-3)27-26(29(35)31(36)33(27)18-19-8-7-13-32-17-19)28(34)25-16-21-9-6-10-23(37-2)30(21)40-25/h6-13,15-17,27,35H,4-5,14,18H2,1-3H3. The smallest absolute Gasteiger partial charge is 0.290 e. The van der Waals surface area contributed by atoms with Crippen molar-refractivity contribution >= 4 is 22.7 Å². The van der Waals surface area contributed by atoms with Gasteiger partial charge in [-0.15, -0.1) is 0 Å². The molecule has 1 aliphatic heterocycles. The SMILES string of the molecule is CCCCOc1ccc(C2C(C(=O)c3cc4cccc(OC)c4o3)=C(O)C(=O)N2Cc2cccnc2)cc1OC. The molecule has 1 unspecified atom stereocenters. The number of fused-ring (bicyclic) bond motifs is 1. The number of nitrogens with zero attached hydrogens (tertiary/aromatic N) is 2. The highest BCUT2D eigenvalue weighted by atomic mass is 16.5. The normalized spacial score (nSPS) is 15.1. The third kappa shape index (κ3) is 4.98. The van der Waals surface area contributed by atoms with Crippen LogP contribution in [0, 0.1) is 0 Å². The van der Waals surface area contributed by atoms with E-state index in [1.54, 1.807) is 60.9 Å². The number of carbonyl (C=O) groups is 2. The van der Waals surface area contributed by atoms with Crippen LogP contribution in [0.2, 0.25) is 0 Å². The first kappa shape index (κ1) is 26.8. The summed E-state index contributed by atoms with van der Waals surface area (Å²) in [5.41, 5.74) is 1.62. The monoisotopic (exact) mass is 542 g/mol. The number of Topliss-reactive ketones (excluding diaryl/α,β-unsaturated/α-hetero) is 1. The Kier molecular flexibility index (Phi) is 7.72. The molecule has 5 rings (SSSR count). The van der Waals surface area contributed by atoms with E-state index in [1.807, 2.05) is 6.07 Å². The number of unbranched alkanes of at least 4 members (excludes halogenated alkanes) is 1. The van der Waals surface area contributed by atoms with Crippen LogP contribution in [0.5, 0.6) is 17.2 Å². The molecule has 0 fully saturated rings. The van der Waals surface area contributed by atoms with Crippen molar-refractivity contribution in [2.24, 2.45) is 0 Å². The largest absolute Gasteiger partial charge is 0.503 e. The second kappa shape index (κ2) is 11.5. The highest BCUT2D eigenvalue weighted by molar-refractivity contribution is 6.16. The van der Waals surface area contributed by atoms with Crippen molar-refractivity contribution in [3.63, 3.8) is 0 Å². The van der Waals surface area contributed by atoms with E-state index in [2.05, 4.69) is 11.9 Å². The molecule has 1 amide bonds. The number of pyridine rings is 1. The number of methoxy groups -OCH3 is 2. The van der Waals surface area contributed by atoms with Crippen molar-refractivity contribution in [1.29, 1.82) is 0 Å². The van der Waals surface area contributed by atoms with Crippen molar-refractivity contribution in [3.8, 4) is 17.2 Å². The van der Waals surface area contributed by atoms with Gasteiger partial charge in [-0.25, -0.2) is 0 Å². The number of hydrogen-bond donors (Lipinski definition) is 1. The zero-order valence-corrected chi connectivity index (χ0v) is 22.5. The van der Waals surface area contributed by atoms with Crippen LogP contribution in [0.25, 0.3) is 11.0 Å². The van der Waals surface area contributed by atoms with Crippen LogP contribution in [-0.4, -0.2) is 47.5 Å². The maximum absolute atomic E-state index is 14.0. The average Bonchev–Trinajstić information content (AvgIpc) is 3.53. The van der Waals surface area contributed by atoms with Crippen molar-refractivity contribution in [3.05, 3.63) is 95.2 Å². The second-order valence-electron chi connectivity index (χ2n) is 9.39. The van der Waals surface area contributed by atoms with Crippen LogP contribution in [0.3, 0.4) is 0 Å². The van der Waals surface area contributed by atoms with Gasteiger partial charge in [0.15, 0.2) is 34.4 Å². The van der Waals surface area contributed by atoms with Gasteiger partial charge in [-0.05, 0) is 47.9 Å². The molecule has 206 valence electrons. The van der Waals surface area contributed by atoms with E-state index in [0.717, 1.165) is 18.4 Å². The molecule has 1 atom stereocenters. The van der Waals surface area contributed by atoms with Gasteiger partial charge in [0.25, 0.3) is 5.91 Å². The number of ketones is 1. The predicted octanol–water partition coefficient (Wildman–Crippen LogP) is 5.80. The van der Waals surface area contributed by atoms with Crippen LogP contribution in [0.4, 0.5) is 0 Å². The van der Waals surface area contributed by atoms with E-state index in [1.165, 1.54) is 19.1 Å². The van der Waals surface area contributed by atoms with Gasteiger partial charge in [0.1, 0.15) is 0 Å². The van der Waals surface area contributed by atoms with Gasteiger partial charge in [0, 0.05) is 24.3 Å². The third-order valence-electron chi connectivity index (χ3n) is 6.83. The zero-order valence-electron chi connectivity index (χ0n) is 22.5. The minimum absolute atomic E-state index is 0.0199. The van der Waals surface area contributed by atoms with Crippen molar-refractivity contribution in [2.75, 3.05) is 20.8 Å². The van der Waals surface area contributed by atoms with Crippen LogP contribution < -0.4 is 14.2 Å². The summed E-state index contributed by atoms with van der Waals surface area (Å²) in [6.45, 7) is 2.72. The molecule has 1 aliphatic rings. The molecule has 9 heteroatoms. The summed E-state index contributed by atoms with van der Waals surface area (Å²) in [6, 6.07) is 14.8. The summed E-state index contributed by atoms with van der Waals surface area (Å²) in [7, 11) is 3.04. The lowest BCUT2D eigenvalue weighted by Crippen LogP contribution is -2.30. The summed E-state index contributed by atoms with van der Waals surface area (Å²) in [6.07, 6.45) is 5.14. The summed E-state index contributed by atoms with van der Waals surface area (Å²) in [5.74, 6) is -0.460. The molecule has 4 aromatic rings. The first-order chi connectivity index (χ1) is 19.5. The second-order valence-corrected chi connectivity index (χ2v) is 9.39. The molecule has 0 bridgehead atoms. The van der Waals surface area contributed by atoms with E-state index < -0.39 is 23.5 Å². The van der Waals surface area contributed by atoms with Crippen LogP contribution in [0.1, 0.15) is 47.5 Å². The van der Waals surface area contributed by atoms with Crippen LogP contribution >= 0.6 is 0 Å². The summed E-state index contributed by atoms with van der Waals surface area (Å²) in [4.78, 5) is 33.0. The van der Waals surface area contributed by atoms with E-state index in [0.29, 0.717) is 40.4 Å². The molecule has 0 radical (unpaired) electrons. The van der Waals surface area contributed by atoms with Gasteiger partial charge in [0.05, 0.1) is 32.4 Å². The highest BCUT2D eigenvalue weighted by Gasteiger charge is 2.45. The molecular formula is C31H30N2O7. The van der Waals surface area contributed by atoms with Crippen molar-refractivity contribution < 1.29 is 33.3 Å². The number of para-hydroxylation sites is 1. The Bertz CT molecular complexity index is 1580. The van der Waals surface area contributed by atoms with Crippen molar-refractivity contribution in [2.45, 2.75) is 32.4 Å². The minimum Gasteiger partial charge on any atom is -0.503 e. The lowest BCUT2D eigenvalue weighted by molar-refractivity contribution is -0.130. The predicted molar refractivity (Wildman–Crippen MR) is 148 cm³/mol. The number of aromatic nitrogens is 1. The van der Waals surface area contributed by atoms with Crippen LogP contribution in [-0.2, 0) is 11.3 Å². The Morgan fingerprint density at radius 1 is 1.05 bits per heavy atom. The van der Waals surface area contributed by atoms with Gasteiger partial charge >= 0.3 is 0 Å². The lowest BCUT2D eigenvalue weighted by atomic mass is 9.94. The molecule has 2 aromatic carbocycles. The fraction of sp³-hybridized carbons (Fsp3) is 0.258. The number of hydrogen-bond acceptors (Lipinski definition) is 8. The molecule has 3 heterocycles. The quantitative estimate of drug-likeness (QED) is 0.187. The number of carbonyl (C=O) groups excluding carboxylic acids is 2. The first-order valence-corrected chi connectivity index (χ1v) is 13.0. The molecule has 0 saturated carbocycles. The zero-order chi connectivity index (χ0) is 28.2. The number of furan rings is 1. The Morgan fingerprint density at radius 3 is 2.60 bits per heavy atom. The molecular weight excluding hydrogens is 512 g/mol. The van der Waals surface area contributed by atoms with E-state index in [4.69, 9.17) is 18.6 Å². The molecule has 9 nitrogen and oxygen atoms in total. The molecule has 1 N–H and O–H groups in total. The fourth-order valence-electron chi connectivity index (χ4n) is 4.83. The van der Waals surface area contributed by atoms with E-state index >= 15 is 0 Å². The maximum atomic E-state index is 14.0. The van der Waals surface area contributed by atoms with Gasteiger partial charge < -0.3 is 28.6 Å². The molecule has 2 aromatic heterocycles. The highest BCUT2D eigenvalue weighted by Crippen LogP contribution is 2.43. The third-order valence-corrected chi connectivity index (χ3v) is 6.83. The topological polar surface area (TPSA) is 111 Å². The maximum Gasteiger partial charge on any atom is 0.290 e. The fourth-order valence-corrected chi connectivity index (χ4v) is 4.83. The number of rotatable bonds is 11.